The lowest BCUT2D eigenvalue weighted by molar-refractivity contribution is 0.0940. The maximum atomic E-state index is 12.2. The fraction of sp³-hybridized carbons (Fsp3) is 0.611. The zero-order valence-electron chi connectivity index (χ0n) is 13.4. The van der Waals surface area contributed by atoms with E-state index >= 15 is 0 Å². The molecule has 1 aliphatic rings. The van der Waals surface area contributed by atoms with Crippen molar-refractivity contribution in [3.63, 3.8) is 0 Å². The van der Waals surface area contributed by atoms with Gasteiger partial charge in [0.15, 0.2) is 0 Å². The van der Waals surface area contributed by atoms with Gasteiger partial charge in [-0.25, -0.2) is 0 Å². The fourth-order valence-electron chi connectivity index (χ4n) is 3.19. The number of carbonyl (C=O) groups is 1. The SMILES string of the molecule is CCOc1ccc(C(=O)NCC2CCCC(C)C2)cc1C. The van der Waals surface area contributed by atoms with Crippen LogP contribution in [0.1, 0.15) is 55.5 Å². The molecular weight excluding hydrogens is 262 g/mol. The third-order valence-electron chi connectivity index (χ3n) is 4.33. The van der Waals surface area contributed by atoms with Gasteiger partial charge < -0.3 is 10.1 Å². The minimum absolute atomic E-state index is 0.0272. The Morgan fingerprint density at radius 1 is 1.38 bits per heavy atom. The summed E-state index contributed by atoms with van der Waals surface area (Å²) in [4.78, 5) is 12.2. The van der Waals surface area contributed by atoms with Crippen LogP contribution in [-0.4, -0.2) is 19.1 Å². The molecule has 0 spiro atoms. The highest BCUT2D eigenvalue weighted by atomic mass is 16.5. The van der Waals surface area contributed by atoms with Crippen molar-refractivity contribution in [2.24, 2.45) is 11.8 Å². The molecule has 1 aliphatic carbocycles. The molecule has 0 radical (unpaired) electrons. The zero-order chi connectivity index (χ0) is 15.2. The van der Waals surface area contributed by atoms with Crippen molar-refractivity contribution in [3.8, 4) is 5.75 Å². The number of hydrogen-bond donors (Lipinski definition) is 1. The van der Waals surface area contributed by atoms with Gasteiger partial charge in [-0.15, -0.1) is 0 Å². The molecule has 1 N–H and O–H groups in total. The summed E-state index contributed by atoms with van der Waals surface area (Å²) >= 11 is 0. The van der Waals surface area contributed by atoms with Gasteiger partial charge in [-0.05, 0) is 62.3 Å². The van der Waals surface area contributed by atoms with Crippen LogP contribution in [0, 0.1) is 18.8 Å². The van der Waals surface area contributed by atoms with Gasteiger partial charge in [-0.2, -0.15) is 0 Å². The molecule has 3 heteroatoms. The van der Waals surface area contributed by atoms with E-state index in [9.17, 15) is 4.79 Å². The van der Waals surface area contributed by atoms with Crippen LogP contribution in [0.5, 0.6) is 5.75 Å². The number of rotatable bonds is 5. The number of nitrogens with one attached hydrogen (secondary N) is 1. The Morgan fingerprint density at radius 3 is 2.86 bits per heavy atom. The Hall–Kier alpha value is -1.51. The molecule has 0 aromatic heterocycles. The first kappa shape index (κ1) is 15.9. The molecular formula is C18H27NO2. The Labute approximate surface area is 128 Å². The van der Waals surface area contributed by atoms with Gasteiger partial charge >= 0.3 is 0 Å². The summed E-state index contributed by atoms with van der Waals surface area (Å²) in [6.07, 6.45) is 5.11. The van der Waals surface area contributed by atoms with Gasteiger partial charge in [0.25, 0.3) is 5.91 Å². The van der Waals surface area contributed by atoms with Gasteiger partial charge in [0.1, 0.15) is 5.75 Å². The Balaban J connectivity index is 1.89. The lowest BCUT2D eigenvalue weighted by atomic mass is 9.82. The number of hydrogen-bond acceptors (Lipinski definition) is 2. The number of carbonyl (C=O) groups excluding carboxylic acids is 1. The molecule has 2 atom stereocenters. The molecule has 1 aromatic rings. The lowest BCUT2D eigenvalue weighted by Crippen LogP contribution is -2.31. The van der Waals surface area contributed by atoms with E-state index < -0.39 is 0 Å². The minimum Gasteiger partial charge on any atom is -0.494 e. The topological polar surface area (TPSA) is 38.3 Å². The normalized spacial score (nSPS) is 21.9. The summed E-state index contributed by atoms with van der Waals surface area (Å²) in [5.41, 5.74) is 1.73. The number of amides is 1. The molecule has 0 bridgehead atoms. The number of aryl methyl sites for hydroxylation is 1. The Kier molecular flexibility index (Phi) is 5.66. The zero-order valence-corrected chi connectivity index (χ0v) is 13.4. The van der Waals surface area contributed by atoms with Crippen LogP contribution in [-0.2, 0) is 0 Å². The Morgan fingerprint density at radius 2 is 2.19 bits per heavy atom. The molecule has 1 fully saturated rings. The molecule has 21 heavy (non-hydrogen) atoms. The highest BCUT2D eigenvalue weighted by Gasteiger charge is 2.19. The predicted octanol–water partition coefficient (Wildman–Crippen LogP) is 3.95. The van der Waals surface area contributed by atoms with Crippen LogP contribution in [0.4, 0.5) is 0 Å². The highest BCUT2D eigenvalue weighted by Crippen LogP contribution is 2.28. The maximum Gasteiger partial charge on any atom is 0.251 e. The minimum atomic E-state index is 0.0272. The molecule has 2 rings (SSSR count). The standard InChI is InChI=1S/C18H27NO2/c1-4-21-17-9-8-16(11-14(17)3)18(20)19-12-15-7-5-6-13(2)10-15/h8-9,11,13,15H,4-7,10,12H2,1-3H3,(H,19,20). The summed E-state index contributed by atoms with van der Waals surface area (Å²) in [6, 6.07) is 5.64. The maximum absolute atomic E-state index is 12.2. The summed E-state index contributed by atoms with van der Waals surface area (Å²) in [7, 11) is 0. The summed E-state index contributed by atoms with van der Waals surface area (Å²) in [6.45, 7) is 7.70. The Bertz CT molecular complexity index is 484. The van der Waals surface area contributed by atoms with Gasteiger partial charge in [0, 0.05) is 12.1 Å². The average molecular weight is 289 g/mol. The first-order chi connectivity index (χ1) is 10.1. The van der Waals surface area contributed by atoms with Crippen molar-refractivity contribution in [1.82, 2.24) is 5.32 Å². The summed E-state index contributed by atoms with van der Waals surface area (Å²) in [5, 5.41) is 3.09. The average Bonchev–Trinajstić information content (AvgIpc) is 2.47. The van der Waals surface area contributed by atoms with Crippen LogP contribution in [0.2, 0.25) is 0 Å². The summed E-state index contributed by atoms with van der Waals surface area (Å²) in [5.74, 6) is 2.32. The van der Waals surface area contributed by atoms with Crippen LogP contribution in [0.3, 0.4) is 0 Å². The molecule has 3 nitrogen and oxygen atoms in total. The van der Waals surface area contributed by atoms with Crippen molar-refractivity contribution in [2.45, 2.75) is 46.5 Å². The van der Waals surface area contributed by atoms with E-state index in [0.717, 1.165) is 29.3 Å². The van der Waals surface area contributed by atoms with E-state index in [1.165, 1.54) is 25.7 Å². The molecule has 0 saturated heterocycles. The predicted molar refractivity (Wildman–Crippen MR) is 85.8 cm³/mol. The van der Waals surface area contributed by atoms with E-state index in [-0.39, 0.29) is 5.91 Å². The van der Waals surface area contributed by atoms with E-state index in [2.05, 4.69) is 12.2 Å². The molecule has 1 saturated carbocycles. The van der Waals surface area contributed by atoms with Crippen molar-refractivity contribution in [3.05, 3.63) is 29.3 Å². The van der Waals surface area contributed by atoms with Gasteiger partial charge in [-0.3, -0.25) is 4.79 Å². The molecule has 0 aliphatic heterocycles. The van der Waals surface area contributed by atoms with Gasteiger partial charge in [-0.1, -0.05) is 19.8 Å². The second-order valence-electron chi connectivity index (χ2n) is 6.26. The van der Waals surface area contributed by atoms with Crippen molar-refractivity contribution < 1.29 is 9.53 Å². The van der Waals surface area contributed by atoms with Crippen LogP contribution < -0.4 is 10.1 Å². The molecule has 116 valence electrons. The van der Waals surface area contributed by atoms with E-state index in [1.807, 2.05) is 32.0 Å². The van der Waals surface area contributed by atoms with E-state index in [0.29, 0.717) is 12.5 Å². The third kappa shape index (κ3) is 4.48. The van der Waals surface area contributed by atoms with Crippen molar-refractivity contribution in [1.29, 1.82) is 0 Å². The van der Waals surface area contributed by atoms with Crippen LogP contribution in [0.25, 0.3) is 0 Å². The smallest absolute Gasteiger partial charge is 0.251 e. The fourth-order valence-corrected chi connectivity index (χ4v) is 3.19. The highest BCUT2D eigenvalue weighted by molar-refractivity contribution is 5.94. The van der Waals surface area contributed by atoms with E-state index in [4.69, 9.17) is 4.74 Å². The van der Waals surface area contributed by atoms with Gasteiger partial charge in [0.2, 0.25) is 0 Å². The van der Waals surface area contributed by atoms with Crippen molar-refractivity contribution in [2.75, 3.05) is 13.2 Å². The quantitative estimate of drug-likeness (QED) is 0.891. The first-order valence-corrected chi connectivity index (χ1v) is 8.11. The lowest BCUT2D eigenvalue weighted by Gasteiger charge is -2.26. The second-order valence-corrected chi connectivity index (χ2v) is 6.26. The molecule has 1 amide bonds. The second kappa shape index (κ2) is 7.48. The first-order valence-electron chi connectivity index (χ1n) is 8.11. The summed E-state index contributed by atoms with van der Waals surface area (Å²) < 4.78 is 5.51. The molecule has 0 heterocycles. The largest absolute Gasteiger partial charge is 0.494 e. The number of benzene rings is 1. The number of ether oxygens (including phenoxy) is 1. The molecule has 2 unspecified atom stereocenters. The monoisotopic (exact) mass is 289 g/mol. The van der Waals surface area contributed by atoms with E-state index in [1.54, 1.807) is 0 Å². The van der Waals surface area contributed by atoms with Crippen LogP contribution in [0.15, 0.2) is 18.2 Å². The van der Waals surface area contributed by atoms with Gasteiger partial charge in [0.05, 0.1) is 6.61 Å². The van der Waals surface area contributed by atoms with Crippen molar-refractivity contribution >= 4 is 5.91 Å². The molecule has 1 aromatic carbocycles. The third-order valence-corrected chi connectivity index (χ3v) is 4.33. The van der Waals surface area contributed by atoms with Crippen LogP contribution >= 0.6 is 0 Å².